The van der Waals surface area contributed by atoms with Crippen molar-refractivity contribution in [3.05, 3.63) is 95.4 Å². The SMILES string of the molecule is O=C(O)CCCc1cn(CC(=O)O)c2c(C=Cc3ccc(OCCCOc4ccccc4F)cc3)cccc12. The number of aryl methyl sites for hydroxylation is 1. The minimum Gasteiger partial charge on any atom is -0.493 e. The molecule has 39 heavy (non-hydrogen) atoms. The van der Waals surface area contributed by atoms with Gasteiger partial charge in [0.05, 0.1) is 18.7 Å². The van der Waals surface area contributed by atoms with Crippen molar-refractivity contribution in [1.29, 1.82) is 0 Å². The number of hydrogen-bond donors (Lipinski definition) is 2. The molecule has 0 aliphatic carbocycles. The molecule has 2 N–H and O–H groups in total. The van der Waals surface area contributed by atoms with Crippen molar-refractivity contribution in [1.82, 2.24) is 4.57 Å². The minimum atomic E-state index is -0.947. The Hall–Kier alpha value is -4.59. The summed E-state index contributed by atoms with van der Waals surface area (Å²) in [7, 11) is 0. The lowest BCUT2D eigenvalue weighted by molar-refractivity contribution is -0.138. The van der Waals surface area contributed by atoms with Gasteiger partial charge in [0.15, 0.2) is 11.6 Å². The van der Waals surface area contributed by atoms with Gasteiger partial charge in [-0.05, 0) is 53.8 Å². The first-order valence-corrected chi connectivity index (χ1v) is 12.7. The third-order valence-electron chi connectivity index (χ3n) is 6.14. The predicted octanol–water partition coefficient (Wildman–Crippen LogP) is 6.29. The molecule has 0 aliphatic heterocycles. The highest BCUT2D eigenvalue weighted by Crippen LogP contribution is 2.28. The number of fused-ring (bicyclic) bond motifs is 1. The molecule has 0 spiro atoms. The molecule has 8 heteroatoms. The summed E-state index contributed by atoms with van der Waals surface area (Å²) in [4.78, 5) is 22.4. The Morgan fingerprint density at radius 3 is 2.36 bits per heavy atom. The van der Waals surface area contributed by atoms with Gasteiger partial charge in [-0.15, -0.1) is 0 Å². The van der Waals surface area contributed by atoms with Crippen molar-refractivity contribution in [3.63, 3.8) is 0 Å². The third kappa shape index (κ3) is 7.70. The molecular weight excluding hydrogens is 501 g/mol. The number of rotatable bonds is 14. The van der Waals surface area contributed by atoms with E-state index in [0.29, 0.717) is 38.2 Å². The number of aliphatic carboxylic acids is 2. The first kappa shape index (κ1) is 27.4. The van der Waals surface area contributed by atoms with Crippen molar-refractivity contribution < 1.29 is 33.7 Å². The zero-order chi connectivity index (χ0) is 27.6. The topological polar surface area (TPSA) is 98.0 Å². The van der Waals surface area contributed by atoms with Crippen molar-refractivity contribution in [2.75, 3.05) is 13.2 Å². The quantitative estimate of drug-likeness (QED) is 0.147. The van der Waals surface area contributed by atoms with Crippen LogP contribution in [0.15, 0.2) is 72.9 Å². The molecule has 0 saturated heterocycles. The monoisotopic (exact) mass is 531 g/mol. The van der Waals surface area contributed by atoms with Gasteiger partial charge in [0.2, 0.25) is 0 Å². The molecule has 0 saturated carbocycles. The molecule has 0 unspecified atom stereocenters. The number of nitrogens with zero attached hydrogens (tertiary/aromatic N) is 1. The van der Waals surface area contributed by atoms with Crippen LogP contribution < -0.4 is 9.47 Å². The van der Waals surface area contributed by atoms with Crippen LogP contribution in [0.1, 0.15) is 36.0 Å². The molecule has 3 aromatic carbocycles. The van der Waals surface area contributed by atoms with Crippen molar-refractivity contribution in [2.24, 2.45) is 0 Å². The zero-order valence-corrected chi connectivity index (χ0v) is 21.4. The van der Waals surface area contributed by atoms with Crippen molar-refractivity contribution in [2.45, 2.75) is 32.2 Å². The molecule has 0 fully saturated rings. The number of halogens is 1. The summed E-state index contributed by atoms with van der Waals surface area (Å²) >= 11 is 0. The number of aromatic nitrogens is 1. The molecule has 0 atom stereocenters. The van der Waals surface area contributed by atoms with Crippen LogP contribution in [-0.4, -0.2) is 39.9 Å². The smallest absolute Gasteiger partial charge is 0.323 e. The Morgan fingerprint density at radius 2 is 1.62 bits per heavy atom. The number of carboxylic acids is 2. The molecule has 1 heterocycles. The number of carboxylic acid groups (broad SMARTS) is 2. The van der Waals surface area contributed by atoms with E-state index in [9.17, 15) is 19.1 Å². The van der Waals surface area contributed by atoms with Crippen LogP contribution >= 0.6 is 0 Å². The number of hydrogen-bond acceptors (Lipinski definition) is 4. The van der Waals surface area contributed by atoms with Crippen molar-refractivity contribution >= 4 is 35.0 Å². The molecule has 0 amide bonds. The van der Waals surface area contributed by atoms with E-state index in [4.69, 9.17) is 14.6 Å². The molecule has 4 aromatic rings. The highest BCUT2D eigenvalue weighted by Gasteiger charge is 2.13. The van der Waals surface area contributed by atoms with E-state index in [1.807, 2.05) is 60.8 Å². The van der Waals surface area contributed by atoms with E-state index in [0.717, 1.165) is 27.6 Å². The van der Waals surface area contributed by atoms with Crippen LogP contribution in [0.25, 0.3) is 23.1 Å². The van der Waals surface area contributed by atoms with Gasteiger partial charge in [-0.25, -0.2) is 4.39 Å². The zero-order valence-electron chi connectivity index (χ0n) is 21.4. The molecule has 0 bridgehead atoms. The van der Waals surface area contributed by atoms with Crippen LogP contribution in [0.3, 0.4) is 0 Å². The lowest BCUT2D eigenvalue weighted by atomic mass is 10.0. The Balaban J connectivity index is 1.39. The molecule has 7 nitrogen and oxygen atoms in total. The average Bonchev–Trinajstić information content (AvgIpc) is 3.26. The minimum absolute atomic E-state index is 0.0619. The predicted molar refractivity (Wildman–Crippen MR) is 148 cm³/mol. The number of para-hydroxylation sites is 2. The van der Waals surface area contributed by atoms with Crippen LogP contribution in [0.4, 0.5) is 4.39 Å². The fourth-order valence-corrected chi connectivity index (χ4v) is 4.35. The third-order valence-corrected chi connectivity index (χ3v) is 6.14. The highest BCUT2D eigenvalue weighted by atomic mass is 19.1. The number of carbonyl (C=O) groups is 2. The Bertz CT molecular complexity index is 1460. The van der Waals surface area contributed by atoms with E-state index in [1.165, 1.54) is 6.07 Å². The highest BCUT2D eigenvalue weighted by molar-refractivity contribution is 5.94. The summed E-state index contributed by atoms with van der Waals surface area (Å²) in [5.74, 6) is -1.24. The molecule has 0 aliphatic rings. The van der Waals surface area contributed by atoms with Gasteiger partial charge in [-0.1, -0.05) is 54.6 Å². The first-order chi connectivity index (χ1) is 18.9. The van der Waals surface area contributed by atoms with Gasteiger partial charge in [-0.2, -0.15) is 0 Å². The molecule has 0 radical (unpaired) electrons. The summed E-state index contributed by atoms with van der Waals surface area (Å²) in [5, 5.41) is 19.3. The van der Waals surface area contributed by atoms with E-state index in [-0.39, 0.29) is 24.5 Å². The largest absolute Gasteiger partial charge is 0.493 e. The second kappa shape index (κ2) is 13.3. The van der Waals surface area contributed by atoms with Crippen LogP contribution in [0, 0.1) is 5.82 Å². The van der Waals surface area contributed by atoms with Crippen LogP contribution in [-0.2, 0) is 22.6 Å². The molecular formula is C31H30FNO6. The first-order valence-electron chi connectivity index (χ1n) is 12.7. The molecule has 1 aromatic heterocycles. The molecule has 202 valence electrons. The van der Waals surface area contributed by atoms with E-state index in [1.54, 1.807) is 22.8 Å². The lowest BCUT2D eigenvalue weighted by Crippen LogP contribution is -2.07. The van der Waals surface area contributed by atoms with E-state index < -0.39 is 11.9 Å². The Morgan fingerprint density at radius 1 is 0.846 bits per heavy atom. The summed E-state index contributed by atoms with van der Waals surface area (Å²) in [6, 6.07) is 19.7. The van der Waals surface area contributed by atoms with Gasteiger partial charge in [0.1, 0.15) is 12.3 Å². The van der Waals surface area contributed by atoms with Gasteiger partial charge in [-0.3, -0.25) is 9.59 Å². The summed E-state index contributed by atoms with van der Waals surface area (Å²) in [6.07, 6.45) is 7.40. The average molecular weight is 532 g/mol. The summed E-state index contributed by atoms with van der Waals surface area (Å²) in [5.41, 5.74) is 3.55. The van der Waals surface area contributed by atoms with Gasteiger partial charge < -0.3 is 24.3 Å². The van der Waals surface area contributed by atoms with Crippen LogP contribution in [0.2, 0.25) is 0 Å². The maximum Gasteiger partial charge on any atom is 0.323 e. The van der Waals surface area contributed by atoms with E-state index in [2.05, 4.69) is 0 Å². The second-order valence-corrected chi connectivity index (χ2v) is 9.05. The second-order valence-electron chi connectivity index (χ2n) is 9.05. The van der Waals surface area contributed by atoms with Gasteiger partial charge in [0, 0.05) is 24.4 Å². The van der Waals surface area contributed by atoms with E-state index >= 15 is 0 Å². The Kier molecular flexibility index (Phi) is 9.34. The van der Waals surface area contributed by atoms with Crippen LogP contribution in [0.5, 0.6) is 11.5 Å². The fourth-order valence-electron chi connectivity index (χ4n) is 4.35. The van der Waals surface area contributed by atoms with Crippen molar-refractivity contribution in [3.8, 4) is 11.5 Å². The maximum absolute atomic E-state index is 13.6. The number of benzene rings is 3. The lowest BCUT2D eigenvalue weighted by Gasteiger charge is -2.09. The summed E-state index contributed by atoms with van der Waals surface area (Å²) < 4.78 is 26.5. The molecule has 4 rings (SSSR count). The standard InChI is InChI=1S/C31H30FNO6/c32-27-9-1-2-10-28(27)39-19-5-18-38-25-16-13-22(14-17-25)12-15-23-6-3-8-26-24(7-4-11-29(34)35)20-33(31(23)26)21-30(36)37/h1-3,6,8-10,12-17,20H,4-5,7,11,18-19,21H2,(H,34,35)(H,36,37). The maximum atomic E-state index is 13.6. The van der Waals surface area contributed by atoms with Gasteiger partial charge in [0.25, 0.3) is 0 Å². The Labute approximate surface area is 225 Å². The van der Waals surface area contributed by atoms with Gasteiger partial charge >= 0.3 is 11.9 Å². The normalized spacial score (nSPS) is 11.2. The fraction of sp³-hybridized carbons (Fsp3) is 0.226. The summed E-state index contributed by atoms with van der Waals surface area (Å²) in [6.45, 7) is 0.594. The number of ether oxygens (including phenoxy) is 2.